The van der Waals surface area contributed by atoms with E-state index in [1.165, 1.54) is 16.7 Å². The van der Waals surface area contributed by atoms with Crippen molar-refractivity contribution < 1.29 is 9.53 Å². The van der Waals surface area contributed by atoms with E-state index in [0.29, 0.717) is 5.75 Å². The summed E-state index contributed by atoms with van der Waals surface area (Å²) in [6.45, 7) is 6.21. The summed E-state index contributed by atoms with van der Waals surface area (Å²) in [4.78, 5) is 12.1. The molecule has 24 heavy (non-hydrogen) atoms. The highest BCUT2D eigenvalue weighted by Gasteiger charge is 2.10. The number of thioether (sulfide) groups is 1. The summed E-state index contributed by atoms with van der Waals surface area (Å²) < 4.78 is 5.14. The number of ether oxygens (including phenoxy) is 1. The van der Waals surface area contributed by atoms with Crippen LogP contribution in [0.4, 0.5) is 0 Å². The van der Waals surface area contributed by atoms with E-state index < -0.39 is 0 Å². The maximum Gasteiger partial charge on any atom is 0.230 e. The van der Waals surface area contributed by atoms with E-state index in [0.717, 1.165) is 17.1 Å². The molecule has 0 heterocycles. The van der Waals surface area contributed by atoms with E-state index in [4.69, 9.17) is 4.74 Å². The number of nitrogens with one attached hydrogen (secondary N) is 1. The summed E-state index contributed by atoms with van der Waals surface area (Å²) in [5.74, 6) is 2.19. The zero-order valence-corrected chi connectivity index (χ0v) is 15.6. The molecule has 0 aromatic heterocycles. The maximum atomic E-state index is 12.1. The van der Waals surface area contributed by atoms with Crippen molar-refractivity contribution in [3.8, 4) is 5.75 Å². The summed E-state index contributed by atoms with van der Waals surface area (Å²) >= 11 is 1.62. The van der Waals surface area contributed by atoms with Crippen LogP contribution in [-0.4, -0.2) is 18.8 Å². The SMILES string of the molecule is COc1ccc(CSCC(=O)N[C@@H](C)c2ccc(C)c(C)c2)cc1. The lowest BCUT2D eigenvalue weighted by atomic mass is 10.0. The molecule has 3 nitrogen and oxygen atoms in total. The molecule has 2 aromatic carbocycles. The van der Waals surface area contributed by atoms with Crippen LogP contribution in [0.5, 0.6) is 5.75 Å². The smallest absolute Gasteiger partial charge is 0.230 e. The lowest BCUT2D eigenvalue weighted by molar-refractivity contribution is -0.119. The summed E-state index contributed by atoms with van der Waals surface area (Å²) in [7, 11) is 1.66. The van der Waals surface area contributed by atoms with Crippen molar-refractivity contribution in [2.75, 3.05) is 12.9 Å². The zero-order chi connectivity index (χ0) is 17.5. The van der Waals surface area contributed by atoms with Crippen molar-refractivity contribution in [2.45, 2.75) is 32.6 Å². The Morgan fingerprint density at radius 3 is 2.46 bits per heavy atom. The number of rotatable bonds is 7. The van der Waals surface area contributed by atoms with Gasteiger partial charge in [0.2, 0.25) is 5.91 Å². The van der Waals surface area contributed by atoms with E-state index in [-0.39, 0.29) is 11.9 Å². The minimum Gasteiger partial charge on any atom is -0.497 e. The minimum atomic E-state index is 0.0263. The molecular weight excluding hydrogens is 318 g/mol. The quantitative estimate of drug-likeness (QED) is 0.808. The lowest BCUT2D eigenvalue weighted by Crippen LogP contribution is -2.28. The molecule has 0 fully saturated rings. The van der Waals surface area contributed by atoms with Gasteiger partial charge in [-0.25, -0.2) is 0 Å². The molecule has 0 saturated heterocycles. The first kappa shape index (κ1) is 18.4. The molecule has 0 aliphatic rings. The molecule has 0 aliphatic heterocycles. The highest BCUT2D eigenvalue weighted by molar-refractivity contribution is 7.99. The van der Waals surface area contributed by atoms with Gasteiger partial charge in [-0.15, -0.1) is 11.8 Å². The molecule has 1 atom stereocenters. The summed E-state index contributed by atoms with van der Waals surface area (Å²) in [5.41, 5.74) is 4.86. The minimum absolute atomic E-state index is 0.0263. The van der Waals surface area contributed by atoms with E-state index in [1.54, 1.807) is 18.9 Å². The molecule has 0 bridgehead atoms. The number of hydrogen-bond donors (Lipinski definition) is 1. The Kier molecular flexibility index (Phi) is 6.73. The van der Waals surface area contributed by atoms with Crippen molar-refractivity contribution >= 4 is 17.7 Å². The monoisotopic (exact) mass is 343 g/mol. The topological polar surface area (TPSA) is 38.3 Å². The predicted octanol–water partition coefficient (Wildman–Crippen LogP) is 4.42. The van der Waals surface area contributed by atoms with Crippen LogP contribution < -0.4 is 10.1 Å². The normalized spacial score (nSPS) is 11.8. The summed E-state index contributed by atoms with van der Waals surface area (Å²) in [6.07, 6.45) is 0. The maximum absolute atomic E-state index is 12.1. The van der Waals surface area contributed by atoms with Gasteiger partial charge in [0.25, 0.3) is 0 Å². The van der Waals surface area contributed by atoms with Gasteiger partial charge in [0, 0.05) is 5.75 Å². The molecule has 0 spiro atoms. The number of methoxy groups -OCH3 is 1. The fourth-order valence-corrected chi connectivity index (χ4v) is 3.18. The second-order valence-electron chi connectivity index (χ2n) is 5.97. The average molecular weight is 343 g/mol. The second kappa shape index (κ2) is 8.78. The average Bonchev–Trinajstić information content (AvgIpc) is 2.58. The van der Waals surface area contributed by atoms with Crippen LogP contribution >= 0.6 is 11.8 Å². The van der Waals surface area contributed by atoms with Gasteiger partial charge in [-0.2, -0.15) is 0 Å². The van der Waals surface area contributed by atoms with Crippen LogP contribution in [-0.2, 0) is 10.5 Å². The lowest BCUT2D eigenvalue weighted by Gasteiger charge is -2.15. The number of carbonyl (C=O) groups is 1. The number of carbonyl (C=O) groups excluding carboxylic acids is 1. The number of hydrogen-bond acceptors (Lipinski definition) is 3. The zero-order valence-electron chi connectivity index (χ0n) is 14.8. The van der Waals surface area contributed by atoms with Crippen LogP contribution in [0.3, 0.4) is 0 Å². The molecule has 1 amide bonds. The summed E-state index contributed by atoms with van der Waals surface area (Å²) in [6, 6.07) is 14.3. The van der Waals surface area contributed by atoms with E-state index >= 15 is 0 Å². The van der Waals surface area contributed by atoms with Gasteiger partial charge >= 0.3 is 0 Å². The van der Waals surface area contributed by atoms with Crippen LogP contribution in [0.2, 0.25) is 0 Å². The molecule has 4 heteroatoms. The van der Waals surface area contributed by atoms with Gasteiger partial charge in [0.15, 0.2) is 0 Å². The third-order valence-corrected chi connectivity index (χ3v) is 5.07. The molecular formula is C20H25NO2S. The van der Waals surface area contributed by atoms with Gasteiger partial charge in [-0.3, -0.25) is 4.79 Å². The van der Waals surface area contributed by atoms with Crippen molar-refractivity contribution in [2.24, 2.45) is 0 Å². The first-order valence-electron chi connectivity index (χ1n) is 8.07. The third kappa shape index (κ3) is 5.31. The second-order valence-corrected chi connectivity index (χ2v) is 6.96. The molecule has 0 radical (unpaired) electrons. The number of aryl methyl sites for hydroxylation is 2. The van der Waals surface area contributed by atoms with Crippen LogP contribution in [0.1, 0.15) is 35.2 Å². The standard InChI is InChI=1S/C20H25NO2S/c1-14-5-8-18(11-15(14)2)16(3)21-20(22)13-24-12-17-6-9-19(23-4)10-7-17/h5-11,16H,12-13H2,1-4H3,(H,21,22)/t16-/m0/s1. The highest BCUT2D eigenvalue weighted by Crippen LogP contribution is 2.18. The van der Waals surface area contributed by atoms with Crippen LogP contribution in [0.15, 0.2) is 42.5 Å². The summed E-state index contributed by atoms with van der Waals surface area (Å²) in [5, 5.41) is 3.07. The Labute approximate surface area is 148 Å². The first-order valence-corrected chi connectivity index (χ1v) is 9.22. The van der Waals surface area contributed by atoms with E-state index in [1.807, 2.05) is 31.2 Å². The van der Waals surface area contributed by atoms with Crippen molar-refractivity contribution in [3.63, 3.8) is 0 Å². The van der Waals surface area contributed by atoms with Crippen molar-refractivity contribution in [1.82, 2.24) is 5.32 Å². The predicted molar refractivity (Wildman–Crippen MR) is 102 cm³/mol. The largest absolute Gasteiger partial charge is 0.497 e. The Morgan fingerprint density at radius 1 is 1.12 bits per heavy atom. The highest BCUT2D eigenvalue weighted by atomic mass is 32.2. The van der Waals surface area contributed by atoms with Gasteiger partial charge < -0.3 is 10.1 Å². The van der Waals surface area contributed by atoms with Gasteiger partial charge in [0.1, 0.15) is 5.75 Å². The van der Waals surface area contributed by atoms with Crippen molar-refractivity contribution in [3.05, 3.63) is 64.7 Å². The fraction of sp³-hybridized carbons (Fsp3) is 0.350. The molecule has 128 valence electrons. The van der Waals surface area contributed by atoms with Gasteiger partial charge in [0.05, 0.1) is 18.9 Å². The molecule has 2 rings (SSSR count). The Bertz CT molecular complexity index is 683. The van der Waals surface area contributed by atoms with Crippen LogP contribution in [0.25, 0.3) is 0 Å². The van der Waals surface area contributed by atoms with E-state index in [9.17, 15) is 4.79 Å². The fourth-order valence-electron chi connectivity index (χ4n) is 2.38. The van der Waals surface area contributed by atoms with Gasteiger partial charge in [-0.05, 0) is 55.2 Å². The molecule has 0 saturated carbocycles. The molecule has 2 aromatic rings. The van der Waals surface area contributed by atoms with Crippen molar-refractivity contribution in [1.29, 1.82) is 0 Å². The van der Waals surface area contributed by atoms with Gasteiger partial charge in [-0.1, -0.05) is 30.3 Å². The van der Waals surface area contributed by atoms with Crippen LogP contribution in [0, 0.1) is 13.8 Å². The van der Waals surface area contributed by atoms with E-state index in [2.05, 4.69) is 37.4 Å². The Hall–Kier alpha value is -1.94. The number of amides is 1. The first-order chi connectivity index (χ1) is 11.5. The number of benzene rings is 2. The third-order valence-electron chi connectivity index (χ3n) is 4.07. The Morgan fingerprint density at radius 2 is 1.83 bits per heavy atom. The molecule has 0 unspecified atom stereocenters. The molecule has 0 aliphatic carbocycles. The molecule has 1 N–H and O–H groups in total. The Balaban J connectivity index is 1.78.